The maximum Gasteiger partial charge on any atom is 0.314 e. The van der Waals surface area contributed by atoms with Crippen LogP contribution in [0.15, 0.2) is 12.2 Å². The molecule has 13 N–H and O–H groups in total. The molecule has 4 heterocycles. The van der Waals surface area contributed by atoms with E-state index in [1.165, 1.54) is 0 Å². The van der Waals surface area contributed by atoms with Gasteiger partial charge in [-0.15, -0.1) is 0 Å². The Balaban J connectivity index is 1.06. The standard InChI is InChI=1S/C44H70O22/c1-18-12-43-9-5-24-41(2,7-4-8-42(24,3)40(58)65-38-34(57)32(55)29(52)22(15-47)61-38)25(43)6-10-44(18,17-43)66-39-36(64-37-33(56)31(54)28(51)21(14-46)60-37)35(30(53)23(16-48)62-39)63-26-11-19(49)27(50)20(13-45)59-26/h19-39,45-57H,1,4-17H2,2-3H3/t19-,20-,21-,22-,23-,24+,25+,26+,27+,28-,29-,30-,31+,32+,33-,34-,35+,36-,37+,38+,39+,41-,42-,43-,44+/m1/s1. The van der Waals surface area contributed by atoms with Gasteiger partial charge in [-0.1, -0.05) is 19.9 Å². The van der Waals surface area contributed by atoms with Crippen molar-refractivity contribution in [1.29, 1.82) is 0 Å². The van der Waals surface area contributed by atoms with Crippen molar-refractivity contribution in [3.05, 3.63) is 12.2 Å². The summed E-state index contributed by atoms with van der Waals surface area (Å²) in [7, 11) is 0. The molecule has 25 atom stereocenters. The molecule has 0 aromatic carbocycles. The normalized spacial score (nSPS) is 54.0. The highest BCUT2D eigenvalue weighted by Gasteiger charge is 2.69. The Hall–Kier alpha value is -1.59. The van der Waals surface area contributed by atoms with Crippen LogP contribution in [0.3, 0.4) is 0 Å². The fourth-order valence-corrected chi connectivity index (χ4v) is 13.5. The SMILES string of the molecule is C=C1C[C@@]23CC[C@H]4[C@@](C)(CCC[C@@]4(C)C(=O)O[C@@H]4O[C@H](CO)[C@@H](O)[C@H](O)[C@H]4O)[C@@H]2CC[C@]1(O[C@@H]1O[C@H](CO)[C@@H](O)[C@H](O[C@H]2C[C@@H](O)[C@H](O)[C@@H](CO)O2)[C@H]1O[C@@H]1O[C@H](CO)[C@@H](O)[C@H](O)[C@H]1O)C3. The Labute approximate surface area is 381 Å². The second-order valence-corrected chi connectivity index (χ2v) is 20.7. The van der Waals surface area contributed by atoms with Gasteiger partial charge in [-0.05, 0) is 86.5 Å². The van der Waals surface area contributed by atoms with Gasteiger partial charge in [0.25, 0.3) is 0 Å². The van der Waals surface area contributed by atoms with E-state index in [-0.39, 0.29) is 23.7 Å². The highest BCUT2D eigenvalue weighted by Crippen LogP contribution is 2.73. The van der Waals surface area contributed by atoms with Gasteiger partial charge < -0.3 is 104 Å². The van der Waals surface area contributed by atoms with Gasteiger partial charge in [-0.25, -0.2) is 0 Å². The van der Waals surface area contributed by atoms with Gasteiger partial charge in [0, 0.05) is 6.42 Å². The second-order valence-electron chi connectivity index (χ2n) is 20.7. The van der Waals surface area contributed by atoms with Gasteiger partial charge in [0.2, 0.25) is 6.29 Å². The number of hydrogen-bond donors (Lipinski definition) is 13. The maximum absolute atomic E-state index is 14.3. The number of hydrogen-bond acceptors (Lipinski definition) is 22. The third kappa shape index (κ3) is 8.50. The molecule has 4 aliphatic heterocycles. The molecule has 4 aliphatic carbocycles. The summed E-state index contributed by atoms with van der Waals surface area (Å²) in [5.74, 6) is -0.735. The molecule has 0 amide bonds. The topological polar surface area (TPSA) is 354 Å². The Bertz CT molecular complexity index is 1720. The zero-order valence-corrected chi connectivity index (χ0v) is 37.2. The Morgan fingerprint density at radius 1 is 0.621 bits per heavy atom. The molecule has 22 heteroatoms. The highest BCUT2D eigenvalue weighted by atomic mass is 16.8. The van der Waals surface area contributed by atoms with E-state index in [1.54, 1.807) is 0 Å². The summed E-state index contributed by atoms with van der Waals surface area (Å²) in [6, 6.07) is 0. The number of carbonyl (C=O) groups excluding carboxylic acids is 1. The van der Waals surface area contributed by atoms with Crippen molar-refractivity contribution in [3.8, 4) is 0 Å². The lowest BCUT2D eigenvalue weighted by atomic mass is 9.41. The van der Waals surface area contributed by atoms with Crippen LogP contribution in [0.1, 0.15) is 78.1 Å². The van der Waals surface area contributed by atoms with Crippen LogP contribution in [0.2, 0.25) is 0 Å². The monoisotopic (exact) mass is 950 g/mol. The average molecular weight is 951 g/mol. The molecule has 8 fully saturated rings. The summed E-state index contributed by atoms with van der Waals surface area (Å²) >= 11 is 0. The van der Waals surface area contributed by atoms with E-state index in [4.69, 9.17) is 37.9 Å². The number of ether oxygens (including phenoxy) is 8. The number of fused-ring (bicyclic) bond motifs is 3. The van der Waals surface area contributed by atoms with Crippen molar-refractivity contribution in [2.24, 2.45) is 28.1 Å². The molecular formula is C44H70O22. The molecule has 0 aromatic rings. The van der Waals surface area contributed by atoms with Crippen LogP contribution in [0.4, 0.5) is 0 Å². The Kier molecular flexibility index (Phi) is 14.8. The predicted octanol–water partition coefficient (Wildman–Crippen LogP) is -4.08. The third-order valence-electron chi connectivity index (χ3n) is 17.0. The lowest BCUT2D eigenvalue weighted by Crippen LogP contribution is -2.67. The summed E-state index contributed by atoms with van der Waals surface area (Å²) in [5.41, 5.74) is -2.15. The van der Waals surface area contributed by atoms with Crippen LogP contribution >= 0.6 is 0 Å². The molecule has 0 aromatic heterocycles. The van der Waals surface area contributed by atoms with Crippen molar-refractivity contribution in [3.63, 3.8) is 0 Å². The molecular weight excluding hydrogens is 880 g/mol. The Morgan fingerprint density at radius 2 is 1.18 bits per heavy atom. The van der Waals surface area contributed by atoms with Crippen molar-refractivity contribution in [1.82, 2.24) is 0 Å². The summed E-state index contributed by atoms with van der Waals surface area (Å²) in [5, 5.41) is 136. The first kappa shape index (κ1) is 50.8. The molecule has 0 unspecified atom stereocenters. The van der Waals surface area contributed by atoms with Crippen molar-refractivity contribution >= 4 is 5.97 Å². The number of carbonyl (C=O) groups is 1. The van der Waals surface area contributed by atoms with Gasteiger partial charge in [0.1, 0.15) is 85.5 Å². The minimum Gasteiger partial charge on any atom is -0.432 e. The first-order valence-electron chi connectivity index (χ1n) is 23.3. The van der Waals surface area contributed by atoms with E-state index < -0.39 is 166 Å². The maximum atomic E-state index is 14.3. The van der Waals surface area contributed by atoms with Crippen molar-refractivity contribution in [2.75, 3.05) is 26.4 Å². The van der Waals surface area contributed by atoms with Gasteiger partial charge in [0.05, 0.1) is 43.5 Å². The molecule has 2 bridgehead atoms. The van der Waals surface area contributed by atoms with Crippen LogP contribution in [0.5, 0.6) is 0 Å². The summed E-state index contributed by atoms with van der Waals surface area (Å²) < 4.78 is 48.6. The van der Waals surface area contributed by atoms with Gasteiger partial charge >= 0.3 is 5.97 Å². The van der Waals surface area contributed by atoms with E-state index in [0.29, 0.717) is 51.4 Å². The highest BCUT2D eigenvalue weighted by molar-refractivity contribution is 5.77. The number of aliphatic hydroxyl groups is 13. The molecule has 0 radical (unpaired) electrons. The zero-order valence-electron chi connectivity index (χ0n) is 37.2. The lowest BCUT2D eigenvalue weighted by Gasteiger charge is -2.64. The van der Waals surface area contributed by atoms with Gasteiger partial charge in [0.15, 0.2) is 18.9 Å². The quantitative estimate of drug-likeness (QED) is 0.0503. The molecule has 8 rings (SSSR count). The molecule has 8 aliphatic rings. The smallest absolute Gasteiger partial charge is 0.314 e. The molecule has 66 heavy (non-hydrogen) atoms. The molecule has 4 saturated heterocycles. The van der Waals surface area contributed by atoms with Crippen molar-refractivity contribution < 1.29 is 109 Å². The Morgan fingerprint density at radius 3 is 1.82 bits per heavy atom. The fraction of sp³-hybridized carbons (Fsp3) is 0.932. The number of esters is 1. The average Bonchev–Trinajstić information content (AvgIpc) is 3.49. The molecule has 378 valence electrons. The zero-order chi connectivity index (χ0) is 47.8. The van der Waals surface area contributed by atoms with Gasteiger partial charge in [-0.3, -0.25) is 4.79 Å². The third-order valence-corrected chi connectivity index (χ3v) is 17.0. The summed E-state index contributed by atoms with van der Waals surface area (Å²) in [6.07, 6.45) is -24.9. The largest absolute Gasteiger partial charge is 0.432 e. The minimum atomic E-state index is -1.90. The fourth-order valence-electron chi connectivity index (χ4n) is 13.5. The van der Waals surface area contributed by atoms with E-state index in [2.05, 4.69) is 13.5 Å². The summed E-state index contributed by atoms with van der Waals surface area (Å²) in [4.78, 5) is 14.3. The van der Waals surface area contributed by atoms with E-state index in [9.17, 15) is 71.2 Å². The first-order chi connectivity index (χ1) is 31.2. The lowest BCUT2D eigenvalue weighted by molar-refractivity contribution is -0.394. The predicted molar refractivity (Wildman–Crippen MR) is 218 cm³/mol. The molecule has 1 spiro atoms. The number of rotatable bonds is 12. The minimum absolute atomic E-state index is 0.0561. The van der Waals surface area contributed by atoms with Crippen LogP contribution in [0.25, 0.3) is 0 Å². The molecule has 22 nitrogen and oxygen atoms in total. The summed E-state index contributed by atoms with van der Waals surface area (Å²) in [6.45, 7) is 5.70. The number of aliphatic hydroxyl groups excluding tert-OH is 13. The van der Waals surface area contributed by atoms with Crippen LogP contribution in [-0.4, -0.2) is 221 Å². The van der Waals surface area contributed by atoms with Crippen molar-refractivity contribution in [2.45, 2.75) is 200 Å². The van der Waals surface area contributed by atoms with E-state index in [0.717, 1.165) is 12.0 Å². The molecule has 4 saturated carbocycles. The van der Waals surface area contributed by atoms with Crippen LogP contribution < -0.4 is 0 Å². The van der Waals surface area contributed by atoms with E-state index >= 15 is 0 Å². The second kappa shape index (κ2) is 19.2. The first-order valence-corrected chi connectivity index (χ1v) is 23.3. The van der Waals surface area contributed by atoms with E-state index in [1.807, 2.05) is 6.92 Å². The van der Waals surface area contributed by atoms with Crippen LogP contribution in [0, 0.1) is 28.1 Å². The van der Waals surface area contributed by atoms with Gasteiger partial charge in [-0.2, -0.15) is 0 Å². The van der Waals surface area contributed by atoms with Crippen LogP contribution in [-0.2, 0) is 42.7 Å².